The number of ether oxygens (including phenoxy) is 1. The van der Waals surface area contributed by atoms with Crippen LogP contribution >= 0.6 is 0 Å². The van der Waals surface area contributed by atoms with E-state index in [9.17, 15) is 13.6 Å². The third-order valence-electron chi connectivity index (χ3n) is 4.09. The molecule has 1 aromatic heterocycles. The van der Waals surface area contributed by atoms with Gasteiger partial charge in [-0.25, -0.2) is 4.98 Å². The fourth-order valence-electron chi connectivity index (χ4n) is 2.76. The molecule has 2 aromatic rings. The quantitative estimate of drug-likeness (QED) is 0.840. The lowest BCUT2D eigenvalue weighted by Gasteiger charge is -2.35. The molecule has 0 bridgehead atoms. The summed E-state index contributed by atoms with van der Waals surface area (Å²) in [6.45, 7) is -0.683. The van der Waals surface area contributed by atoms with Crippen LogP contribution in [0.5, 0.6) is 5.75 Å². The fraction of sp³-hybridized carbons (Fsp3) is 0.278. The first-order valence-electron chi connectivity index (χ1n) is 8.02. The van der Waals surface area contributed by atoms with E-state index in [0.717, 1.165) is 0 Å². The number of piperazine rings is 1. The molecule has 1 aliphatic heterocycles. The molecule has 3 rings (SSSR count). The molecule has 6 nitrogen and oxygen atoms in total. The summed E-state index contributed by atoms with van der Waals surface area (Å²) in [5, 5.41) is 8.97. The number of alkyl halides is 2. The van der Waals surface area contributed by atoms with Crippen LogP contribution in [0.15, 0.2) is 42.6 Å². The van der Waals surface area contributed by atoms with Crippen molar-refractivity contribution in [3.05, 3.63) is 53.7 Å². The fourth-order valence-corrected chi connectivity index (χ4v) is 2.76. The zero-order valence-electron chi connectivity index (χ0n) is 13.8. The number of benzene rings is 1. The van der Waals surface area contributed by atoms with Gasteiger partial charge >= 0.3 is 6.61 Å². The first kappa shape index (κ1) is 17.6. The van der Waals surface area contributed by atoms with Crippen molar-refractivity contribution in [1.82, 2.24) is 9.88 Å². The number of carbonyl (C=O) groups is 1. The van der Waals surface area contributed by atoms with E-state index in [1.807, 2.05) is 4.90 Å². The molecule has 0 saturated carbocycles. The van der Waals surface area contributed by atoms with Gasteiger partial charge in [0.25, 0.3) is 5.91 Å². The minimum Gasteiger partial charge on any atom is -0.435 e. The minimum atomic E-state index is -2.89. The minimum absolute atomic E-state index is 0.0184. The third kappa shape index (κ3) is 4.06. The molecular formula is C18H16F2N4O2. The van der Waals surface area contributed by atoms with Gasteiger partial charge in [0.2, 0.25) is 0 Å². The van der Waals surface area contributed by atoms with Gasteiger partial charge in [-0.05, 0) is 36.4 Å². The Morgan fingerprint density at radius 1 is 1.15 bits per heavy atom. The summed E-state index contributed by atoms with van der Waals surface area (Å²) in [4.78, 5) is 20.5. The zero-order chi connectivity index (χ0) is 18.5. The highest BCUT2D eigenvalue weighted by Crippen LogP contribution is 2.18. The van der Waals surface area contributed by atoms with Crippen molar-refractivity contribution in [3.8, 4) is 11.8 Å². The maximum atomic E-state index is 12.5. The van der Waals surface area contributed by atoms with Gasteiger partial charge in [-0.2, -0.15) is 14.0 Å². The largest absolute Gasteiger partial charge is 0.435 e. The Kier molecular flexibility index (Phi) is 5.27. The van der Waals surface area contributed by atoms with Crippen LogP contribution < -0.4 is 9.64 Å². The number of carbonyl (C=O) groups excluding carboxylic acids is 1. The van der Waals surface area contributed by atoms with Crippen molar-refractivity contribution < 1.29 is 18.3 Å². The Bertz CT molecular complexity index is 813. The number of amides is 1. The Labute approximate surface area is 149 Å². The molecule has 26 heavy (non-hydrogen) atoms. The smallest absolute Gasteiger partial charge is 0.387 e. The van der Waals surface area contributed by atoms with Gasteiger partial charge < -0.3 is 14.5 Å². The Balaban J connectivity index is 1.60. The number of anilines is 1. The summed E-state index contributed by atoms with van der Waals surface area (Å²) in [7, 11) is 0. The second-order valence-corrected chi connectivity index (χ2v) is 5.70. The lowest BCUT2D eigenvalue weighted by atomic mass is 10.1. The van der Waals surface area contributed by atoms with E-state index in [-0.39, 0.29) is 11.7 Å². The average molecular weight is 358 g/mol. The molecule has 134 valence electrons. The van der Waals surface area contributed by atoms with Gasteiger partial charge in [-0.1, -0.05) is 0 Å². The highest BCUT2D eigenvalue weighted by Gasteiger charge is 2.23. The molecule has 0 N–H and O–H groups in total. The Morgan fingerprint density at radius 3 is 2.46 bits per heavy atom. The molecule has 0 unspecified atom stereocenters. The molecule has 1 aliphatic rings. The van der Waals surface area contributed by atoms with E-state index < -0.39 is 6.61 Å². The lowest BCUT2D eigenvalue weighted by molar-refractivity contribution is -0.0498. The first-order valence-corrected chi connectivity index (χ1v) is 8.02. The van der Waals surface area contributed by atoms with Gasteiger partial charge in [-0.15, -0.1) is 0 Å². The van der Waals surface area contributed by atoms with Crippen LogP contribution in [0.2, 0.25) is 0 Å². The van der Waals surface area contributed by atoms with Crippen LogP contribution in [0.1, 0.15) is 15.9 Å². The van der Waals surface area contributed by atoms with E-state index in [0.29, 0.717) is 43.1 Å². The highest BCUT2D eigenvalue weighted by atomic mass is 19.3. The van der Waals surface area contributed by atoms with E-state index in [1.165, 1.54) is 24.3 Å². The molecule has 0 atom stereocenters. The predicted molar refractivity (Wildman–Crippen MR) is 90.1 cm³/mol. The van der Waals surface area contributed by atoms with Crippen molar-refractivity contribution in [2.45, 2.75) is 6.61 Å². The van der Waals surface area contributed by atoms with E-state index in [2.05, 4.69) is 15.8 Å². The molecule has 1 amide bonds. The number of rotatable bonds is 4. The number of halogens is 2. The van der Waals surface area contributed by atoms with Crippen molar-refractivity contribution in [2.75, 3.05) is 31.1 Å². The number of aromatic nitrogens is 1. The van der Waals surface area contributed by atoms with Crippen LogP contribution in [0.3, 0.4) is 0 Å². The summed E-state index contributed by atoms with van der Waals surface area (Å²) >= 11 is 0. The van der Waals surface area contributed by atoms with Gasteiger partial charge in [-0.3, -0.25) is 4.79 Å². The Morgan fingerprint density at radius 2 is 1.85 bits per heavy atom. The number of nitrogens with zero attached hydrogens (tertiary/aromatic N) is 4. The molecule has 0 aliphatic carbocycles. The van der Waals surface area contributed by atoms with Gasteiger partial charge in [0.05, 0.1) is 11.6 Å². The molecule has 1 aromatic carbocycles. The Hall–Kier alpha value is -3.21. The van der Waals surface area contributed by atoms with Crippen LogP contribution in [0, 0.1) is 11.3 Å². The van der Waals surface area contributed by atoms with Crippen LogP contribution in [0.25, 0.3) is 0 Å². The van der Waals surface area contributed by atoms with Crippen molar-refractivity contribution in [1.29, 1.82) is 5.26 Å². The predicted octanol–water partition coefficient (Wildman–Crippen LogP) is 2.52. The van der Waals surface area contributed by atoms with Crippen molar-refractivity contribution in [3.63, 3.8) is 0 Å². The van der Waals surface area contributed by atoms with Crippen LogP contribution in [0.4, 0.5) is 14.6 Å². The maximum absolute atomic E-state index is 12.5. The van der Waals surface area contributed by atoms with Gasteiger partial charge in [0.1, 0.15) is 11.6 Å². The van der Waals surface area contributed by atoms with E-state index in [1.54, 1.807) is 23.2 Å². The first-order chi connectivity index (χ1) is 12.6. The summed E-state index contributed by atoms with van der Waals surface area (Å²) < 4.78 is 28.6. The maximum Gasteiger partial charge on any atom is 0.387 e. The highest BCUT2D eigenvalue weighted by molar-refractivity contribution is 5.94. The molecule has 2 heterocycles. The zero-order valence-corrected chi connectivity index (χ0v) is 13.8. The lowest BCUT2D eigenvalue weighted by Crippen LogP contribution is -2.49. The SMILES string of the molecule is N#Cc1ccnc(N2CCN(C(=O)c3ccc(OC(F)F)cc3)CC2)c1. The average Bonchev–Trinajstić information content (AvgIpc) is 2.68. The summed E-state index contributed by atoms with van der Waals surface area (Å²) in [5.74, 6) is 0.571. The summed E-state index contributed by atoms with van der Waals surface area (Å²) in [5.41, 5.74) is 0.962. The molecule has 8 heteroatoms. The normalized spacial score (nSPS) is 14.2. The van der Waals surface area contributed by atoms with Crippen LogP contribution in [-0.2, 0) is 0 Å². The van der Waals surface area contributed by atoms with Crippen LogP contribution in [-0.4, -0.2) is 48.6 Å². The number of pyridine rings is 1. The summed E-state index contributed by atoms with van der Waals surface area (Å²) in [6.07, 6.45) is 1.59. The van der Waals surface area contributed by atoms with E-state index >= 15 is 0 Å². The number of hydrogen-bond acceptors (Lipinski definition) is 5. The molecular weight excluding hydrogens is 342 g/mol. The summed E-state index contributed by atoms with van der Waals surface area (Å²) in [6, 6.07) is 11.1. The van der Waals surface area contributed by atoms with Gasteiger partial charge in [0, 0.05) is 37.9 Å². The third-order valence-corrected chi connectivity index (χ3v) is 4.09. The second kappa shape index (κ2) is 7.78. The monoisotopic (exact) mass is 358 g/mol. The topological polar surface area (TPSA) is 69.5 Å². The van der Waals surface area contributed by atoms with E-state index in [4.69, 9.17) is 5.26 Å². The van der Waals surface area contributed by atoms with Crippen molar-refractivity contribution >= 4 is 11.7 Å². The van der Waals surface area contributed by atoms with Crippen molar-refractivity contribution in [2.24, 2.45) is 0 Å². The molecule has 1 fully saturated rings. The molecule has 1 saturated heterocycles. The molecule has 0 spiro atoms. The molecule has 0 radical (unpaired) electrons. The second-order valence-electron chi connectivity index (χ2n) is 5.70. The number of hydrogen-bond donors (Lipinski definition) is 0. The number of nitriles is 1. The van der Waals surface area contributed by atoms with Gasteiger partial charge in [0.15, 0.2) is 0 Å². The standard InChI is InChI=1S/C18H16F2N4O2/c19-18(20)26-15-3-1-14(2-4-15)17(25)24-9-7-23(8-10-24)16-11-13(12-21)5-6-22-16/h1-6,11,18H,7-10H2.